The van der Waals surface area contributed by atoms with Crippen molar-refractivity contribution in [1.29, 1.82) is 0 Å². The molecule has 0 saturated heterocycles. The number of allylic oxidation sites excluding steroid dienone is 1. The first kappa shape index (κ1) is 23.2. The van der Waals surface area contributed by atoms with E-state index in [1.807, 2.05) is 0 Å². The van der Waals surface area contributed by atoms with Crippen LogP contribution in [0.4, 0.5) is 4.39 Å². The minimum Gasteiger partial charge on any atom is -0.478 e. The number of aryl methyl sites for hydroxylation is 1. The first-order valence-electron chi connectivity index (χ1n) is 10.8. The lowest BCUT2D eigenvalue weighted by atomic mass is 9.82. The smallest absolute Gasteiger partial charge is 0.333 e. The summed E-state index contributed by atoms with van der Waals surface area (Å²) in [4.78, 5) is 22.9. The molecule has 1 aliphatic carbocycles. The van der Waals surface area contributed by atoms with E-state index in [0.29, 0.717) is 25.0 Å². The monoisotopic (exact) mass is 433 g/mol. The van der Waals surface area contributed by atoms with Gasteiger partial charge in [0, 0.05) is 12.1 Å². The maximum absolute atomic E-state index is 13.0. The van der Waals surface area contributed by atoms with Crippen molar-refractivity contribution in [2.24, 2.45) is 0 Å². The fourth-order valence-electron chi connectivity index (χ4n) is 3.88. The molecule has 0 aliphatic heterocycles. The maximum atomic E-state index is 13.0. The van der Waals surface area contributed by atoms with Crippen LogP contribution in [0.1, 0.15) is 49.7 Å². The number of halogens is 1. The summed E-state index contributed by atoms with van der Waals surface area (Å²) in [5, 5.41) is 14.7. The molecule has 1 amide bonds. The van der Waals surface area contributed by atoms with Gasteiger partial charge in [-0.25, -0.2) is 9.18 Å². The predicted molar refractivity (Wildman–Crippen MR) is 125 cm³/mol. The number of benzene rings is 3. The quantitative estimate of drug-likeness (QED) is 0.522. The molecule has 1 atom stereocenters. The fourth-order valence-corrected chi connectivity index (χ4v) is 3.88. The van der Waals surface area contributed by atoms with Crippen LogP contribution in [0.5, 0.6) is 0 Å². The lowest BCUT2D eigenvalue weighted by molar-refractivity contribution is -0.133. The largest absolute Gasteiger partial charge is 0.478 e. The zero-order valence-electron chi connectivity index (χ0n) is 18.4. The van der Waals surface area contributed by atoms with Crippen molar-refractivity contribution in [3.63, 3.8) is 0 Å². The van der Waals surface area contributed by atoms with Crippen molar-refractivity contribution in [2.75, 3.05) is 0 Å². The molecule has 0 saturated carbocycles. The highest BCUT2D eigenvalue weighted by Gasteiger charge is 2.27. The fraction of sp³-hybridized carbons (Fsp3) is 0.259. The van der Waals surface area contributed by atoms with Crippen LogP contribution < -0.4 is 5.32 Å². The molecule has 4 rings (SSSR count). The second kappa shape index (κ2) is 10.7. The minimum atomic E-state index is -1.01. The van der Waals surface area contributed by atoms with Crippen molar-refractivity contribution in [3.8, 4) is 0 Å². The van der Waals surface area contributed by atoms with Gasteiger partial charge in [-0.1, -0.05) is 67.1 Å². The van der Waals surface area contributed by atoms with Gasteiger partial charge in [-0.05, 0) is 60.6 Å². The van der Waals surface area contributed by atoms with Crippen molar-refractivity contribution in [2.45, 2.75) is 45.4 Å². The molecule has 0 radical (unpaired) electrons. The van der Waals surface area contributed by atoms with Crippen LogP contribution in [-0.2, 0) is 9.59 Å². The van der Waals surface area contributed by atoms with Gasteiger partial charge in [0.1, 0.15) is 5.82 Å². The van der Waals surface area contributed by atoms with E-state index in [4.69, 9.17) is 0 Å². The molecule has 4 nitrogen and oxygen atoms in total. The molecule has 1 aliphatic rings. The molecule has 1 unspecified atom stereocenters. The van der Waals surface area contributed by atoms with Gasteiger partial charge in [0.05, 0.1) is 5.57 Å². The Balaban J connectivity index is 0.000000219. The van der Waals surface area contributed by atoms with Gasteiger partial charge in [0.2, 0.25) is 5.91 Å². The van der Waals surface area contributed by atoms with Crippen LogP contribution >= 0.6 is 0 Å². The third kappa shape index (κ3) is 6.03. The normalized spacial score (nSPS) is 15.7. The third-order valence-corrected chi connectivity index (χ3v) is 5.67. The molecule has 0 fully saturated rings. The topological polar surface area (TPSA) is 66.4 Å². The Bertz CT molecular complexity index is 1140. The minimum absolute atomic E-state index is 0.0407. The summed E-state index contributed by atoms with van der Waals surface area (Å²) in [5.74, 6) is -1.45. The number of fused-ring (bicyclic) bond motifs is 1. The van der Waals surface area contributed by atoms with E-state index >= 15 is 0 Å². The van der Waals surface area contributed by atoms with Crippen LogP contribution in [0, 0.1) is 12.7 Å². The van der Waals surface area contributed by atoms with Crippen molar-refractivity contribution >= 4 is 22.6 Å². The number of carboxylic acids is 1. The highest BCUT2D eigenvalue weighted by atomic mass is 19.1. The number of aliphatic carboxylic acids is 1. The molecule has 3 aromatic carbocycles. The van der Waals surface area contributed by atoms with Gasteiger partial charge in [-0.3, -0.25) is 4.79 Å². The standard InChI is InChI=1S/C16H18FNO3.C11H10/c1-2-15(19)18-14-8-5-11(9-13(14)16(20)21)10-3-6-12(17)7-4-10;1-9-6-7-10-4-2-3-5-11(10)8-9/h3-4,6-7,11H,2,5,8-9H2,1H3,(H,18,19)(H,20,21);2-8H,1H3. The SMILES string of the molecule is CCC(=O)NC1=C(C(=O)O)CC(c2ccc(F)cc2)CC1.Cc1ccc2ccccc2c1. The summed E-state index contributed by atoms with van der Waals surface area (Å²) in [6, 6.07) is 21.1. The Kier molecular flexibility index (Phi) is 7.77. The average Bonchev–Trinajstić information content (AvgIpc) is 2.80. The molecule has 166 valence electrons. The third-order valence-electron chi connectivity index (χ3n) is 5.67. The van der Waals surface area contributed by atoms with E-state index in [1.54, 1.807) is 19.1 Å². The Hall–Kier alpha value is -3.47. The second-order valence-electron chi connectivity index (χ2n) is 8.01. The summed E-state index contributed by atoms with van der Waals surface area (Å²) in [6.45, 7) is 3.84. The Morgan fingerprint density at radius 3 is 2.38 bits per heavy atom. The zero-order valence-corrected chi connectivity index (χ0v) is 18.4. The molecule has 0 bridgehead atoms. The Morgan fingerprint density at radius 2 is 1.72 bits per heavy atom. The van der Waals surface area contributed by atoms with E-state index in [9.17, 15) is 19.1 Å². The molecule has 3 aromatic rings. The van der Waals surface area contributed by atoms with Crippen LogP contribution in [-0.4, -0.2) is 17.0 Å². The zero-order chi connectivity index (χ0) is 23.1. The lowest BCUT2D eigenvalue weighted by Gasteiger charge is -2.26. The second-order valence-corrected chi connectivity index (χ2v) is 8.01. The summed E-state index contributed by atoms with van der Waals surface area (Å²) < 4.78 is 13.0. The van der Waals surface area contributed by atoms with E-state index in [-0.39, 0.29) is 23.2 Å². The Morgan fingerprint density at radius 1 is 1.03 bits per heavy atom. The van der Waals surface area contributed by atoms with E-state index in [0.717, 1.165) is 12.0 Å². The molecule has 32 heavy (non-hydrogen) atoms. The molecular weight excluding hydrogens is 405 g/mol. The van der Waals surface area contributed by atoms with E-state index < -0.39 is 5.97 Å². The number of nitrogens with one attached hydrogen (secondary N) is 1. The summed E-state index contributed by atoms with van der Waals surface area (Å²) >= 11 is 0. The number of hydrogen-bond acceptors (Lipinski definition) is 2. The molecule has 0 heterocycles. The van der Waals surface area contributed by atoms with Gasteiger partial charge >= 0.3 is 5.97 Å². The maximum Gasteiger partial charge on any atom is 0.333 e. The first-order valence-corrected chi connectivity index (χ1v) is 10.8. The van der Waals surface area contributed by atoms with Crippen molar-refractivity contribution in [3.05, 3.63) is 94.9 Å². The number of carboxylic acid groups (broad SMARTS) is 1. The highest BCUT2D eigenvalue weighted by molar-refractivity contribution is 5.89. The predicted octanol–water partition coefficient (Wildman–Crippen LogP) is 6.11. The number of carbonyl (C=O) groups is 2. The van der Waals surface area contributed by atoms with Gasteiger partial charge in [0.25, 0.3) is 0 Å². The van der Waals surface area contributed by atoms with Crippen LogP contribution in [0.25, 0.3) is 10.8 Å². The summed E-state index contributed by atoms with van der Waals surface area (Å²) in [6.07, 6.45) is 1.91. The van der Waals surface area contributed by atoms with Gasteiger partial charge in [0.15, 0.2) is 0 Å². The molecule has 0 aromatic heterocycles. The van der Waals surface area contributed by atoms with Gasteiger partial charge in [-0.2, -0.15) is 0 Å². The number of amides is 1. The first-order chi connectivity index (χ1) is 15.4. The molecule has 2 N–H and O–H groups in total. The number of carbonyl (C=O) groups excluding carboxylic acids is 1. The van der Waals surface area contributed by atoms with Crippen molar-refractivity contribution in [1.82, 2.24) is 5.32 Å². The molecule has 0 spiro atoms. The van der Waals surface area contributed by atoms with Crippen LogP contribution in [0.15, 0.2) is 78.0 Å². The summed E-state index contributed by atoms with van der Waals surface area (Å²) in [5.41, 5.74) is 3.00. The highest BCUT2D eigenvalue weighted by Crippen LogP contribution is 2.35. The average molecular weight is 434 g/mol. The lowest BCUT2D eigenvalue weighted by Crippen LogP contribution is -2.28. The van der Waals surface area contributed by atoms with E-state index in [1.165, 1.54) is 28.5 Å². The van der Waals surface area contributed by atoms with Crippen LogP contribution in [0.3, 0.4) is 0 Å². The van der Waals surface area contributed by atoms with E-state index in [2.05, 4.69) is 54.7 Å². The van der Waals surface area contributed by atoms with Crippen LogP contribution in [0.2, 0.25) is 0 Å². The molecule has 5 heteroatoms. The van der Waals surface area contributed by atoms with Crippen molar-refractivity contribution < 1.29 is 19.1 Å². The van der Waals surface area contributed by atoms with Gasteiger partial charge in [-0.15, -0.1) is 0 Å². The number of hydrogen-bond donors (Lipinski definition) is 2. The molecular formula is C27H28FNO3. The summed E-state index contributed by atoms with van der Waals surface area (Å²) in [7, 11) is 0. The number of rotatable bonds is 4. The Labute approximate surface area is 187 Å². The van der Waals surface area contributed by atoms with Gasteiger partial charge < -0.3 is 10.4 Å².